The SMILES string of the molecule is CC(C)CCN(C(=O)c1cccc(Br)c1)C1CCCC1. The van der Waals surface area contributed by atoms with Gasteiger partial charge in [-0.1, -0.05) is 48.7 Å². The highest BCUT2D eigenvalue weighted by Gasteiger charge is 2.27. The molecule has 1 fully saturated rings. The Balaban J connectivity index is 2.14. The molecule has 1 amide bonds. The number of carbonyl (C=O) groups excluding carboxylic acids is 1. The minimum Gasteiger partial charge on any atom is -0.336 e. The summed E-state index contributed by atoms with van der Waals surface area (Å²) < 4.78 is 0.971. The van der Waals surface area contributed by atoms with E-state index in [0.717, 1.165) is 35.8 Å². The van der Waals surface area contributed by atoms with Crippen molar-refractivity contribution in [1.29, 1.82) is 0 Å². The summed E-state index contributed by atoms with van der Waals surface area (Å²) in [6.45, 7) is 5.32. The van der Waals surface area contributed by atoms with Gasteiger partial charge in [-0.05, 0) is 43.4 Å². The number of halogens is 1. The summed E-state index contributed by atoms with van der Waals surface area (Å²) in [7, 11) is 0. The van der Waals surface area contributed by atoms with Crippen LogP contribution in [0.1, 0.15) is 56.3 Å². The summed E-state index contributed by atoms with van der Waals surface area (Å²) in [5.74, 6) is 0.827. The second-order valence-corrected chi connectivity index (χ2v) is 7.05. The summed E-state index contributed by atoms with van der Waals surface area (Å²) in [6, 6.07) is 8.20. The lowest BCUT2D eigenvalue weighted by atomic mass is 10.1. The average molecular weight is 338 g/mol. The Bertz CT molecular complexity index is 452. The van der Waals surface area contributed by atoms with E-state index in [9.17, 15) is 4.79 Å². The molecule has 1 aliphatic rings. The van der Waals surface area contributed by atoms with Crippen molar-refractivity contribution in [2.45, 2.75) is 52.0 Å². The quantitative estimate of drug-likeness (QED) is 0.749. The number of carbonyl (C=O) groups is 1. The van der Waals surface area contributed by atoms with E-state index in [1.54, 1.807) is 0 Å². The zero-order chi connectivity index (χ0) is 14.5. The highest BCUT2D eigenvalue weighted by Crippen LogP contribution is 2.26. The van der Waals surface area contributed by atoms with Crippen molar-refractivity contribution < 1.29 is 4.79 Å². The monoisotopic (exact) mass is 337 g/mol. The Morgan fingerprint density at radius 3 is 2.65 bits per heavy atom. The third-order valence-electron chi connectivity index (χ3n) is 4.05. The van der Waals surface area contributed by atoms with Crippen LogP contribution in [0.5, 0.6) is 0 Å². The molecule has 1 saturated carbocycles. The van der Waals surface area contributed by atoms with E-state index in [2.05, 4.69) is 34.7 Å². The van der Waals surface area contributed by atoms with Crippen molar-refractivity contribution in [3.8, 4) is 0 Å². The number of hydrogen-bond donors (Lipinski definition) is 0. The van der Waals surface area contributed by atoms with Gasteiger partial charge in [0.25, 0.3) is 5.91 Å². The first-order valence-electron chi connectivity index (χ1n) is 7.64. The normalized spacial score (nSPS) is 15.8. The standard InChI is InChI=1S/C17H24BrNO/c1-13(2)10-11-19(16-8-3-4-9-16)17(20)14-6-5-7-15(18)12-14/h5-7,12-13,16H,3-4,8-11H2,1-2H3. The number of hydrogen-bond acceptors (Lipinski definition) is 1. The molecule has 110 valence electrons. The molecule has 0 aromatic heterocycles. The average Bonchev–Trinajstić information content (AvgIpc) is 2.92. The molecule has 0 spiro atoms. The van der Waals surface area contributed by atoms with Gasteiger partial charge in [-0.3, -0.25) is 4.79 Å². The Hall–Kier alpha value is -0.830. The Kier molecular flexibility index (Phi) is 5.64. The maximum atomic E-state index is 12.8. The van der Waals surface area contributed by atoms with Crippen LogP contribution in [0.4, 0.5) is 0 Å². The van der Waals surface area contributed by atoms with Gasteiger partial charge in [0.2, 0.25) is 0 Å². The van der Waals surface area contributed by atoms with Gasteiger partial charge in [-0.25, -0.2) is 0 Å². The number of amides is 1. The molecule has 0 unspecified atom stereocenters. The van der Waals surface area contributed by atoms with Crippen molar-refractivity contribution in [1.82, 2.24) is 4.90 Å². The number of benzene rings is 1. The first-order valence-corrected chi connectivity index (χ1v) is 8.43. The third-order valence-corrected chi connectivity index (χ3v) is 4.54. The van der Waals surface area contributed by atoms with E-state index in [1.807, 2.05) is 24.3 Å². The zero-order valence-corrected chi connectivity index (χ0v) is 14.0. The van der Waals surface area contributed by atoms with Crippen molar-refractivity contribution >= 4 is 21.8 Å². The maximum absolute atomic E-state index is 12.8. The molecule has 0 bridgehead atoms. The summed E-state index contributed by atoms with van der Waals surface area (Å²) in [5.41, 5.74) is 0.801. The molecule has 20 heavy (non-hydrogen) atoms. The van der Waals surface area contributed by atoms with Crippen LogP contribution in [-0.2, 0) is 0 Å². The van der Waals surface area contributed by atoms with Gasteiger partial charge in [-0.15, -0.1) is 0 Å². The van der Waals surface area contributed by atoms with Crippen LogP contribution in [0.15, 0.2) is 28.7 Å². The van der Waals surface area contributed by atoms with Crippen LogP contribution in [0, 0.1) is 5.92 Å². The molecule has 2 nitrogen and oxygen atoms in total. The molecule has 0 aliphatic heterocycles. The second-order valence-electron chi connectivity index (χ2n) is 6.13. The predicted octanol–water partition coefficient (Wildman–Crippen LogP) is 4.88. The fraction of sp³-hybridized carbons (Fsp3) is 0.588. The molecule has 3 heteroatoms. The maximum Gasteiger partial charge on any atom is 0.254 e. The topological polar surface area (TPSA) is 20.3 Å². The van der Waals surface area contributed by atoms with Crippen LogP contribution in [0.3, 0.4) is 0 Å². The molecular formula is C17H24BrNO. The Morgan fingerprint density at radius 2 is 2.05 bits per heavy atom. The molecule has 0 atom stereocenters. The van der Waals surface area contributed by atoms with Gasteiger partial charge in [0.1, 0.15) is 0 Å². The van der Waals surface area contributed by atoms with Crippen molar-refractivity contribution in [3.05, 3.63) is 34.3 Å². The zero-order valence-electron chi connectivity index (χ0n) is 12.4. The molecule has 0 heterocycles. The van der Waals surface area contributed by atoms with Gasteiger partial charge in [-0.2, -0.15) is 0 Å². The van der Waals surface area contributed by atoms with E-state index < -0.39 is 0 Å². The van der Waals surface area contributed by atoms with E-state index >= 15 is 0 Å². The molecular weight excluding hydrogens is 314 g/mol. The summed E-state index contributed by atoms with van der Waals surface area (Å²) in [5, 5.41) is 0. The van der Waals surface area contributed by atoms with Gasteiger partial charge in [0, 0.05) is 22.6 Å². The van der Waals surface area contributed by atoms with Gasteiger partial charge >= 0.3 is 0 Å². The fourth-order valence-corrected chi connectivity index (χ4v) is 3.25. The van der Waals surface area contributed by atoms with Crippen molar-refractivity contribution in [2.75, 3.05) is 6.54 Å². The molecule has 0 N–H and O–H groups in total. The lowest BCUT2D eigenvalue weighted by Crippen LogP contribution is -2.40. The minimum atomic E-state index is 0.193. The molecule has 1 aromatic carbocycles. The van der Waals surface area contributed by atoms with Crippen LogP contribution in [0.2, 0.25) is 0 Å². The number of rotatable bonds is 5. The lowest BCUT2D eigenvalue weighted by Gasteiger charge is -2.30. The first-order chi connectivity index (χ1) is 9.58. The Labute approximate surface area is 130 Å². The van der Waals surface area contributed by atoms with Crippen LogP contribution in [-0.4, -0.2) is 23.4 Å². The van der Waals surface area contributed by atoms with Crippen LogP contribution in [0.25, 0.3) is 0 Å². The smallest absolute Gasteiger partial charge is 0.254 e. The van der Waals surface area contributed by atoms with Gasteiger partial charge in [0.15, 0.2) is 0 Å². The van der Waals surface area contributed by atoms with E-state index in [-0.39, 0.29) is 5.91 Å². The molecule has 1 aromatic rings. The minimum absolute atomic E-state index is 0.193. The highest BCUT2D eigenvalue weighted by atomic mass is 79.9. The first kappa shape index (κ1) is 15.6. The van der Waals surface area contributed by atoms with Crippen LogP contribution >= 0.6 is 15.9 Å². The molecule has 0 radical (unpaired) electrons. The molecule has 0 saturated heterocycles. The third kappa shape index (κ3) is 4.08. The van der Waals surface area contributed by atoms with E-state index in [0.29, 0.717) is 12.0 Å². The van der Waals surface area contributed by atoms with Crippen molar-refractivity contribution in [2.24, 2.45) is 5.92 Å². The van der Waals surface area contributed by atoms with Crippen LogP contribution < -0.4 is 0 Å². The van der Waals surface area contributed by atoms with Crippen molar-refractivity contribution in [3.63, 3.8) is 0 Å². The highest BCUT2D eigenvalue weighted by molar-refractivity contribution is 9.10. The number of nitrogens with zero attached hydrogens (tertiary/aromatic N) is 1. The summed E-state index contributed by atoms with van der Waals surface area (Å²) in [4.78, 5) is 14.9. The second kappa shape index (κ2) is 7.26. The van der Waals surface area contributed by atoms with Gasteiger partial charge < -0.3 is 4.90 Å². The summed E-state index contributed by atoms with van der Waals surface area (Å²) >= 11 is 3.45. The lowest BCUT2D eigenvalue weighted by molar-refractivity contribution is 0.0672. The molecule has 1 aliphatic carbocycles. The van der Waals surface area contributed by atoms with Gasteiger partial charge in [0.05, 0.1) is 0 Å². The summed E-state index contributed by atoms with van der Waals surface area (Å²) in [6.07, 6.45) is 5.93. The predicted molar refractivity (Wildman–Crippen MR) is 86.9 cm³/mol. The molecule has 2 rings (SSSR count). The largest absolute Gasteiger partial charge is 0.336 e. The van der Waals surface area contributed by atoms with E-state index in [4.69, 9.17) is 0 Å². The van der Waals surface area contributed by atoms with E-state index in [1.165, 1.54) is 12.8 Å². The fourth-order valence-electron chi connectivity index (χ4n) is 2.85. The Morgan fingerprint density at radius 1 is 1.35 bits per heavy atom.